The lowest BCUT2D eigenvalue weighted by Crippen LogP contribution is -2.33. The fourth-order valence-corrected chi connectivity index (χ4v) is 3.86. The van der Waals surface area contributed by atoms with Crippen LogP contribution >= 0.6 is 11.3 Å². The Kier molecular flexibility index (Phi) is 7.01. The summed E-state index contributed by atoms with van der Waals surface area (Å²) in [6, 6.07) is 18.3. The molecular weight excluding hydrogens is 382 g/mol. The maximum Gasteiger partial charge on any atom is 0.408 e. The standard InChI is InChI=1S/C23H27N3O2S/c1-23(2,19-12-10-18(11-13-19)17-7-4-3-5-8-17)28-22(27)25-14-6-9-21-26-20(15-24)16-29-21/h3-5,7-8,10-13,16H,6,9,14-15,24H2,1-2H3,(H,25,27). The first-order chi connectivity index (χ1) is 14.0. The van der Waals surface area contributed by atoms with Gasteiger partial charge in [0.2, 0.25) is 0 Å². The van der Waals surface area contributed by atoms with Gasteiger partial charge in [-0.05, 0) is 37.0 Å². The second kappa shape index (κ2) is 9.67. The van der Waals surface area contributed by atoms with Gasteiger partial charge < -0.3 is 15.8 Å². The van der Waals surface area contributed by atoms with E-state index in [2.05, 4.69) is 34.6 Å². The van der Waals surface area contributed by atoms with Gasteiger partial charge in [-0.3, -0.25) is 0 Å². The summed E-state index contributed by atoms with van der Waals surface area (Å²) in [5.74, 6) is 0. The van der Waals surface area contributed by atoms with E-state index < -0.39 is 11.7 Å². The predicted molar refractivity (Wildman–Crippen MR) is 118 cm³/mol. The minimum atomic E-state index is -0.718. The van der Waals surface area contributed by atoms with Crippen molar-refractivity contribution in [3.05, 3.63) is 76.2 Å². The van der Waals surface area contributed by atoms with Crippen LogP contribution in [-0.4, -0.2) is 17.6 Å². The zero-order chi connectivity index (χ0) is 20.7. The summed E-state index contributed by atoms with van der Waals surface area (Å²) in [6.07, 6.45) is 1.21. The van der Waals surface area contributed by atoms with Crippen molar-refractivity contribution < 1.29 is 9.53 Å². The van der Waals surface area contributed by atoms with Gasteiger partial charge >= 0.3 is 6.09 Å². The monoisotopic (exact) mass is 409 g/mol. The second-order valence-corrected chi connectivity index (χ2v) is 8.25. The molecule has 1 heterocycles. The van der Waals surface area contributed by atoms with Crippen molar-refractivity contribution in [2.75, 3.05) is 6.54 Å². The van der Waals surface area contributed by atoms with Gasteiger partial charge in [0.25, 0.3) is 0 Å². The van der Waals surface area contributed by atoms with Crippen LogP contribution < -0.4 is 11.1 Å². The number of benzene rings is 2. The molecule has 0 aliphatic heterocycles. The first kappa shape index (κ1) is 21.0. The topological polar surface area (TPSA) is 77.2 Å². The van der Waals surface area contributed by atoms with E-state index in [4.69, 9.17) is 10.5 Å². The molecule has 0 aliphatic rings. The molecule has 152 valence electrons. The largest absolute Gasteiger partial charge is 0.439 e. The van der Waals surface area contributed by atoms with Gasteiger partial charge in [0.1, 0.15) is 5.60 Å². The molecule has 6 heteroatoms. The maximum absolute atomic E-state index is 12.2. The van der Waals surface area contributed by atoms with E-state index in [-0.39, 0.29) is 0 Å². The van der Waals surface area contributed by atoms with Crippen LogP contribution in [0.1, 0.15) is 36.5 Å². The summed E-state index contributed by atoms with van der Waals surface area (Å²) < 4.78 is 5.66. The van der Waals surface area contributed by atoms with E-state index in [1.54, 1.807) is 11.3 Å². The molecule has 3 N–H and O–H groups in total. The van der Waals surface area contributed by atoms with Crippen molar-refractivity contribution in [3.8, 4) is 11.1 Å². The van der Waals surface area contributed by atoms with Gasteiger partial charge in [-0.15, -0.1) is 11.3 Å². The van der Waals surface area contributed by atoms with Gasteiger partial charge in [-0.1, -0.05) is 54.6 Å². The fourth-order valence-electron chi connectivity index (χ4n) is 3.01. The van der Waals surface area contributed by atoms with Crippen molar-refractivity contribution in [2.24, 2.45) is 5.73 Å². The highest BCUT2D eigenvalue weighted by Crippen LogP contribution is 2.27. The minimum absolute atomic E-state index is 0.413. The van der Waals surface area contributed by atoms with Gasteiger partial charge in [0, 0.05) is 24.9 Å². The maximum atomic E-state index is 12.2. The number of hydrogen-bond acceptors (Lipinski definition) is 5. The van der Waals surface area contributed by atoms with E-state index in [1.165, 1.54) is 0 Å². The third-order valence-electron chi connectivity index (χ3n) is 4.68. The number of ether oxygens (including phenoxy) is 1. The zero-order valence-corrected chi connectivity index (χ0v) is 17.7. The van der Waals surface area contributed by atoms with Crippen LogP contribution in [-0.2, 0) is 23.3 Å². The van der Waals surface area contributed by atoms with E-state index >= 15 is 0 Å². The van der Waals surface area contributed by atoms with Crippen molar-refractivity contribution in [1.29, 1.82) is 0 Å². The third-order valence-corrected chi connectivity index (χ3v) is 5.64. The Bertz CT molecular complexity index is 921. The molecule has 0 saturated carbocycles. The molecule has 0 spiro atoms. The third kappa shape index (κ3) is 5.89. The number of carbonyl (C=O) groups excluding carboxylic acids is 1. The second-order valence-electron chi connectivity index (χ2n) is 7.31. The summed E-state index contributed by atoms with van der Waals surface area (Å²) in [6.45, 7) is 4.80. The van der Waals surface area contributed by atoms with E-state index in [0.29, 0.717) is 13.1 Å². The van der Waals surface area contributed by atoms with Gasteiger partial charge in [-0.2, -0.15) is 0 Å². The Morgan fingerprint density at radius 1 is 1.10 bits per heavy atom. The number of thiazole rings is 1. The number of carbonyl (C=O) groups is 1. The molecule has 3 rings (SSSR count). The molecule has 0 saturated heterocycles. The van der Waals surface area contributed by atoms with Crippen LogP contribution in [0.25, 0.3) is 11.1 Å². The number of rotatable bonds is 8. The molecule has 1 amide bonds. The highest BCUT2D eigenvalue weighted by atomic mass is 32.1. The molecular formula is C23H27N3O2S. The van der Waals surface area contributed by atoms with Gasteiger partial charge in [0.05, 0.1) is 10.7 Å². The molecule has 5 nitrogen and oxygen atoms in total. The molecule has 0 fully saturated rings. The molecule has 0 aliphatic carbocycles. The van der Waals surface area contributed by atoms with Crippen LogP contribution in [0.4, 0.5) is 4.79 Å². The highest BCUT2D eigenvalue weighted by Gasteiger charge is 2.25. The Balaban J connectivity index is 1.48. The molecule has 0 atom stereocenters. The summed E-state index contributed by atoms with van der Waals surface area (Å²) in [7, 11) is 0. The number of aryl methyl sites for hydroxylation is 1. The summed E-state index contributed by atoms with van der Waals surface area (Å²) in [5, 5.41) is 5.84. The fraction of sp³-hybridized carbons (Fsp3) is 0.304. The van der Waals surface area contributed by atoms with E-state index in [1.807, 2.05) is 49.6 Å². The van der Waals surface area contributed by atoms with E-state index in [9.17, 15) is 4.79 Å². The predicted octanol–water partition coefficient (Wildman–Crippen LogP) is 4.86. The minimum Gasteiger partial charge on any atom is -0.439 e. The van der Waals surface area contributed by atoms with Gasteiger partial charge in [-0.25, -0.2) is 9.78 Å². The lowest BCUT2D eigenvalue weighted by Gasteiger charge is -2.26. The number of alkyl carbamates (subject to hydrolysis) is 1. The first-order valence-corrected chi connectivity index (χ1v) is 10.6. The summed E-state index contributed by atoms with van der Waals surface area (Å²) in [4.78, 5) is 16.6. The SMILES string of the molecule is CC(C)(OC(=O)NCCCc1nc(CN)cs1)c1ccc(-c2ccccc2)cc1. The molecule has 2 aromatic carbocycles. The van der Waals surface area contributed by atoms with Gasteiger partial charge in [0.15, 0.2) is 0 Å². The molecule has 0 bridgehead atoms. The average Bonchev–Trinajstić information content (AvgIpc) is 3.20. The quantitative estimate of drug-likeness (QED) is 0.521. The molecule has 0 radical (unpaired) electrons. The number of aromatic nitrogens is 1. The Morgan fingerprint density at radius 2 is 1.79 bits per heavy atom. The number of nitrogens with two attached hydrogens (primary N) is 1. The van der Waals surface area contributed by atoms with Crippen LogP contribution in [0.5, 0.6) is 0 Å². The Hall–Kier alpha value is -2.70. The molecule has 0 unspecified atom stereocenters. The molecule has 1 aromatic heterocycles. The summed E-state index contributed by atoms with van der Waals surface area (Å²) in [5.41, 5.74) is 9.01. The van der Waals surface area contributed by atoms with Crippen molar-refractivity contribution in [1.82, 2.24) is 10.3 Å². The Morgan fingerprint density at radius 3 is 2.45 bits per heavy atom. The van der Waals surface area contributed by atoms with Crippen LogP contribution in [0.15, 0.2) is 60.0 Å². The number of amides is 1. The zero-order valence-electron chi connectivity index (χ0n) is 16.9. The lowest BCUT2D eigenvalue weighted by molar-refractivity contribution is 0.0364. The van der Waals surface area contributed by atoms with Crippen molar-refractivity contribution in [2.45, 2.75) is 38.8 Å². The number of nitrogens with zero attached hydrogens (tertiary/aromatic N) is 1. The van der Waals surface area contributed by atoms with Crippen LogP contribution in [0.3, 0.4) is 0 Å². The summed E-state index contributed by atoms with van der Waals surface area (Å²) >= 11 is 1.60. The molecule has 3 aromatic rings. The molecule has 29 heavy (non-hydrogen) atoms. The van der Waals surface area contributed by atoms with Crippen LogP contribution in [0, 0.1) is 0 Å². The highest BCUT2D eigenvalue weighted by molar-refractivity contribution is 7.09. The van der Waals surface area contributed by atoms with Crippen molar-refractivity contribution in [3.63, 3.8) is 0 Å². The first-order valence-electron chi connectivity index (χ1n) is 9.74. The Labute approximate surface area is 175 Å². The lowest BCUT2D eigenvalue weighted by atomic mass is 9.95. The average molecular weight is 410 g/mol. The number of hydrogen-bond donors (Lipinski definition) is 2. The smallest absolute Gasteiger partial charge is 0.408 e. The van der Waals surface area contributed by atoms with Crippen LogP contribution in [0.2, 0.25) is 0 Å². The van der Waals surface area contributed by atoms with E-state index in [0.717, 1.165) is 40.2 Å². The number of nitrogens with one attached hydrogen (secondary N) is 1. The van der Waals surface area contributed by atoms with Crippen molar-refractivity contribution >= 4 is 17.4 Å². The normalized spacial score (nSPS) is 11.3.